The third kappa shape index (κ3) is 3.26. The van der Waals surface area contributed by atoms with Crippen molar-refractivity contribution in [1.29, 1.82) is 0 Å². The average molecular weight is 421 g/mol. The summed E-state index contributed by atoms with van der Waals surface area (Å²) in [7, 11) is 1.42. The maximum Gasteiger partial charge on any atom is 0.305 e. The van der Waals surface area contributed by atoms with E-state index in [9.17, 15) is 19.8 Å². The van der Waals surface area contributed by atoms with Crippen LogP contribution >= 0.6 is 0 Å². The second-order valence-corrected chi connectivity index (χ2v) is 11.4. The highest BCUT2D eigenvalue weighted by atomic mass is 16.5. The molecule has 4 saturated carbocycles. The summed E-state index contributed by atoms with van der Waals surface area (Å²) in [5.41, 5.74) is -0.343. The van der Waals surface area contributed by atoms with Crippen molar-refractivity contribution in [2.75, 3.05) is 7.11 Å². The van der Waals surface area contributed by atoms with E-state index in [1.54, 1.807) is 0 Å². The molecule has 2 N–H and O–H groups in total. The van der Waals surface area contributed by atoms with Crippen LogP contribution in [0.2, 0.25) is 0 Å². The Morgan fingerprint density at radius 2 is 1.90 bits per heavy atom. The van der Waals surface area contributed by atoms with Crippen LogP contribution in [0.4, 0.5) is 0 Å². The minimum absolute atomic E-state index is 0.0503. The van der Waals surface area contributed by atoms with E-state index in [-0.39, 0.29) is 53.2 Å². The summed E-state index contributed by atoms with van der Waals surface area (Å²) in [5, 5.41) is 21.5. The minimum atomic E-state index is -0.394. The number of carbonyl (C=O) groups excluding carboxylic acids is 2. The van der Waals surface area contributed by atoms with Crippen molar-refractivity contribution in [3.05, 3.63) is 0 Å². The summed E-state index contributed by atoms with van der Waals surface area (Å²) < 4.78 is 4.81. The molecule has 4 aliphatic carbocycles. The van der Waals surface area contributed by atoms with E-state index in [1.807, 2.05) is 0 Å². The first-order valence-corrected chi connectivity index (χ1v) is 12.1. The van der Waals surface area contributed by atoms with Gasteiger partial charge in [-0.05, 0) is 85.9 Å². The van der Waals surface area contributed by atoms with Gasteiger partial charge in [-0.2, -0.15) is 0 Å². The van der Waals surface area contributed by atoms with Crippen LogP contribution in [0, 0.1) is 46.3 Å². The van der Waals surface area contributed by atoms with Crippen molar-refractivity contribution >= 4 is 11.8 Å². The topological polar surface area (TPSA) is 83.8 Å². The number of rotatable bonds is 4. The zero-order valence-corrected chi connectivity index (χ0v) is 19.1. The first-order chi connectivity index (χ1) is 14.1. The van der Waals surface area contributed by atoms with Gasteiger partial charge < -0.3 is 14.9 Å². The van der Waals surface area contributed by atoms with Gasteiger partial charge in [-0.25, -0.2) is 0 Å². The van der Waals surface area contributed by atoms with Crippen LogP contribution in [0.25, 0.3) is 0 Å². The molecule has 5 nitrogen and oxygen atoms in total. The third-order valence-corrected chi connectivity index (χ3v) is 10.3. The molecule has 0 amide bonds. The molecular weight excluding hydrogens is 380 g/mol. The van der Waals surface area contributed by atoms with Crippen LogP contribution in [-0.2, 0) is 14.3 Å². The number of ketones is 1. The number of ether oxygens (including phenoxy) is 1. The lowest BCUT2D eigenvalue weighted by Crippen LogP contribution is -2.61. The number of hydrogen-bond donors (Lipinski definition) is 2. The summed E-state index contributed by atoms with van der Waals surface area (Å²) in [5.74, 6) is 1.70. The Morgan fingerprint density at radius 1 is 1.17 bits per heavy atom. The molecule has 0 aromatic heterocycles. The van der Waals surface area contributed by atoms with E-state index in [0.717, 1.165) is 44.9 Å². The molecule has 4 fully saturated rings. The van der Waals surface area contributed by atoms with E-state index < -0.39 is 5.41 Å². The second kappa shape index (κ2) is 7.88. The Morgan fingerprint density at radius 3 is 2.60 bits per heavy atom. The fourth-order valence-corrected chi connectivity index (χ4v) is 8.51. The van der Waals surface area contributed by atoms with Crippen molar-refractivity contribution in [2.45, 2.75) is 90.8 Å². The normalized spacial score (nSPS) is 49.0. The Labute approximate surface area is 180 Å². The summed E-state index contributed by atoms with van der Waals surface area (Å²) >= 11 is 0. The van der Waals surface area contributed by atoms with Gasteiger partial charge >= 0.3 is 5.97 Å². The number of esters is 1. The fraction of sp³-hybridized carbons (Fsp3) is 0.920. The molecule has 0 radical (unpaired) electrons. The number of methoxy groups -OCH3 is 1. The monoisotopic (exact) mass is 420 g/mol. The first-order valence-electron chi connectivity index (χ1n) is 12.1. The zero-order valence-electron chi connectivity index (χ0n) is 19.1. The number of hydrogen-bond acceptors (Lipinski definition) is 5. The van der Waals surface area contributed by atoms with E-state index in [0.29, 0.717) is 24.5 Å². The van der Waals surface area contributed by atoms with Gasteiger partial charge in [0, 0.05) is 18.3 Å². The van der Waals surface area contributed by atoms with Crippen LogP contribution in [0.1, 0.15) is 78.6 Å². The molecule has 170 valence electrons. The summed E-state index contributed by atoms with van der Waals surface area (Å²) in [6.45, 7) is 6.67. The lowest BCUT2D eigenvalue weighted by molar-refractivity contribution is -0.181. The quantitative estimate of drug-likeness (QED) is 0.677. The van der Waals surface area contributed by atoms with Gasteiger partial charge in [0.2, 0.25) is 0 Å². The predicted octanol–water partition coefficient (Wildman–Crippen LogP) is 3.75. The van der Waals surface area contributed by atoms with Crippen molar-refractivity contribution in [3.63, 3.8) is 0 Å². The number of fused-ring (bicyclic) bond motifs is 5. The lowest BCUT2D eigenvalue weighted by Gasteiger charge is -2.61. The van der Waals surface area contributed by atoms with Crippen LogP contribution in [0.5, 0.6) is 0 Å². The van der Waals surface area contributed by atoms with Crippen LogP contribution in [0.3, 0.4) is 0 Å². The van der Waals surface area contributed by atoms with Crippen LogP contribution in [0.15, 0.2) is 0 Å². The highest BCUT2D eigenvalue weighted by Crippen LogP contribution is 2.67. The van der Waals surface area contributed by atoms with E-state index in [2.05, 4.69) is 20.8 Å². The fourth-order valence-electron chi connectivity index (χ4n) is 8.51. The predicted molar refractivity (Wildman–Crippen MR) is 113 cm³/mol. The number of aliphatic hydroxyl groups is 2. The van der Waals surface area contributed by atoms with Gasteiger partial charge in [-0.1, -0.05) is 20.8 Å². The largest absolute Gasteiger partial charge is 0.469 e. The van der Waals surface area contributed by atoms with Gasteiger partial charge in [0.05, 0.1) is 19.3 Å². The van der Waals surface area contributed by atoms with Crippen molar-refractivity contribution in [1.82, 2.24) is 0 Å². The highest BCUT2D eigenvalue weighted by molar-refractivity contribution is 5.87. The number of carbonyl (C=O) groups is 2. The van der Waals surface area contributed by atoms with E-state index >= 15 is 0 Å². The molecule has 1 unspecified atom stereocenters. The standard InChI is InChI=1S/C25H40O5/c1-14(5-8-22(29)30-4)17-6-7-18-23-19(13-21(28)25(17,18)3)24(2)10-9-16(26)11-15(24)12-20(23)27/h14-20,23,26-27H,5-13H2,1-4H3/t14?,15-,16+,17+,18-,19-,20+,23-,24-,25+/m1/s1. The van der Waals surface area contributed by atoms with Crippen molar-refractivity contribution in [3.8, 4) is 0 Å². The van der Waals surface area contributed by atoms with Crippen LogP contribution in [-0.4, -0.2) is 41.3 Å². The van der Waals surface area contributed by atoms with Gasteiger partial charge in [0.25, 0.3) is 0 Å². The van der Waals surface area contributed by atoms with E-state index in [1.165, 1.54) is 7.11 Å². The first kappa shape index (κ1) is 22.3. The maximum absolute atomic E-state index is 13.7. The molecule has 0 spiro atoms. The molecular formula is C25H40O5. The molecule has 0 saturated heterocycles. The van der Waals surface area contributed by atoms with Gasteiger partial charge in [-0.3, -0.25) is 9.59 Å². The number of Topliss-reactive ketones (excluding diaryl/α,β-unsaturated/α-hetero) is 1. The lowest BCUT2D eigenvalue weighted by atomic mass is 9.43. The Balaban J connectivity index is 1.59. The van der Waals surface area contributed by atoms with Gasteiger partial charge in [-0.15, -0.1) is 0 Å². The van der Waals surface area contributed by atoms with Gasteiger partial charge in [0.15, 0.2) is 0 Å². The summed E-state index contributed by atoms with van der Waals surface area (Å²) in [6, 6.07) is 0. The molecule has 4 rings (SSSR count). The summed E-state index contributed by atoms with van der Waals surface area (Å²) in [6.07, 6.45) is 6.39. The molecule has 0 heterocycles. The molecule has 0 aromatic carbocycles. The average Bonchev–Trinajstić information content (AvgIpc) is 3.06. The Hall–Kier alpha value is -0.940. The zero-order chi connectivity index (χ0) is 21.8. The molecule has 4 aliphatic rings. The molecule has 0 aliphatic heterocycles. The molecule has 10 atom stereocenters. The SMILES string of the molecule is COC(=O)CCC(C)[C@@H]1CC[C@@H]2[C@@H]3[C@@H](CC(=O)[C@]21C)[C@]1(C)CC[C@H](O)C[C@@H]1C[C@@H]3O. The van der Waals surface area contributed by atoms with Gasteiger partial charge in [0.1, 0.15) is 5.78 Å². The molecule has 0 aromatic rings. The third-order valence-electron chi connectivity index (χ3n) is 10.3. The summed E-state index contributed by atoms with van der Waals surface area (Å²) in [4.78, 5) is 25.4. The Bertz CT molecular complexity index is 691. The molecule has 0 bridgehead atoms. The maximum atomic E-state index is 13.7. The van der Waals surface area contributed by atoms with Crippen molar-refractivity contribution < 1.29 is 24.5 Å². The minimum Gasteiger partial charge on any atom is -0.469 e. The number of aliphatic hydroxyl groups excluding tert-OH is 2. The molecule has 30 heavy (non-hydrogen) atoms. The molecule has 5 heteroatoms. The highest BCUT2D eigenvalue weighted by Gasteiger charge is 2.65. The van der Waals surface area contributed by atoms with E-state index in [4.69, 9.17) is 4.74 Å². The smallest absolute Gasteiger partial charge is 0.305 e. The Kier molecular flexibility index (Phi) is 5.85. The van der Waals surface area contributed by atoms with Crippen molar-refractivity contribution in [2.24, 2.45) is 46.3 Å². The van der Waals surface area contributed by atoms with Crippen LogP contribution < -0.4 is 0 Å². The second-order valence-electron chi connectivity index (χ2n) is 11.4.